The summed E-state index contributed by atoms with van der Waals surface area (Å²) in [6, 6.07) is 3.57. The first kappa shape index (κ1) is 21.6. The second-order valence-corrected chi connectivity index (χ2v) is 6.18. The molecular weight excluding hydrogens is 364 g/mol. The maximum Gasteiger partial charge on any atom is 0.336 e. The first-order valence-electron chi connectivity index (χ1n) is 8.91. The van der Waals surface area contributed by atoms with Gasteiger partial charge in [0.25, 0.3) is 0 Å². The van der Waals surface area contributed by atoms with Gasteiger partial charge in [0, 0.05) is 38.0 Å². The van der Waals surface area contributed by atoms with Gasteiger partial charge in [0.15, 0.2) is 0 Å². The SMILES string of the molecule is COCCOC(=O)C1=C(C)NC(C)=C(C(=O)OCCOC)C1c1cccnc1. The van der Waals surface area contributed by atoms with Gasteiger partial charge in [-0.25, -0.2) is 9.59 Å². The molecule has 8 nitrogen and oxygen atoms in total. The molecule has 1 aliphatic heterocycles. The zero-order chi connectivity index (χ0) is 20.5. The molecule has 0 unspecified atom stereocenters. The molecule has 0 spiro atoms. The number of nitrogens with zero attached hydrogens (tertiary/aromatic N) is 1. The summed E-state index contributed by atoms with van der Waals surface area (Å²) in [6.07, 6.45) is 3.26. The number of ether oxygens (including phenoxy) is 4. The minimum atomic E-state index is -0.653. The highest BCUT2D eigenvalue weighted by molar-refractivity contribution is 5.99. The van der Waals surface area contributed by atoms with Crippen molar-refractivity contribution in [1.82, 2.24) is 10.3 Å². The van der Waals surface area contributed by atoms with Crippen molar-refractivity contribution in [3.05, 3.63) is 52.6 Å². The third kappa shape index (κ3) is 5.17. The van der Waals surface area contributed by atoms with Crippen LogP contribution in [0, 0.1) is 0 Å². The Bertz CT molecular complexity index is 713. The fourth-order valence-electron chi connectivity index (χ4n) is 3.01. The molecule has 0 aliphatic carbocycles. The highest BCUT2D eigenvalue weighted by atomic mass is 16.6. The Balaban J connectivity index is 2.41. The quantitative estimate of drug-likeness (QED) is 0.503. The third-order valence-electron chi connectivity index (χ3n) is 4.26. The molecule has 1 aromatic rings. The number of carbonyl (C=O) groups is 2. The van der Waals surface area contributed by atoms with Crippen LogP contribution in [0.4, 0.5) is 0 Å². The van der Waals surface area contributed by atoms with E-state index in [4.69, 9.17) is 18.9 Å². The molecule has 1 aromatic heterocycles. The number of nitrogens with one attached hydrogen (secondary N) is 1. The minimum absolute atomic E-state index is 0.113. The molecule has 0 amide bonds. The number of hydrogen-bond acceptors (Lipinski definition) is 8. The Hall–Kier alpha value is -2.71. The number of aromatic nitrogens is 1. The van der Waals surface area contributed by atoms with Crippen LogP contribution in [-0.2, 0) is 28.5 Å². The van der Waals surface area contributed by atoms with Crippen LogP contribution in [0.3, 0.4) is 0 Å². The van der Waals surface area contributed by atoms with E-state index in [-0.39, 0.29) is 26.4 Å². The van der Waals surface area contributed by atoms with E-state index in [1.807, 2.05) is 6.07 Å². The molecule has 2 rings (SSSR count). The summed E-state index contributed by atoms with van der Waals surface area (Å²) in [7, 11) is 3.05. The van der Waals surface area contributed by atoms with Gasteiger partial charge in [-0.2, -0.15) is 0 Å². The molecule has 0 radical (unpaired) electrons. The Morgan fingerprint density at radius 1 is 0.964 bits per heavy atom. The van der Waals surface area contributed by atoms with Crippen molar-refractivity contribution < 1.29 is 28.5 Å². The zero-order valence-corrected chi connectivity index (χ0v) is 16.6. The van der Waals surface area contributed by atoms with Gasteiger partial charge < -0.3 is 24.3 Å². The van der Waals surface area contributed by atoms with Crippen molar-refractivity contribution in [2.45, 2.75) is 19.8 Å². The number of hydrogen-bond donors (Lipinski definition) is 1. The van der Waals surface area contributed by atoms with Gasteiger partial charge in [0.05, 0.1) is 30.3 Å². The number of rotatable bonds is 9. The molecule has 0 atom stereocenters. The first-order chi connectivity index (χ1) is 13.5. The van der Waals surface area contributed by atoms with Gasteiger partial charge in [-0.3, -0.25) is 4.98 Å². The summed E-state index contributed by atoms with van der Waals surface area (Å²) in [6.45, 7) is 4.33. The molecule has 0 saturated heterocycles. The largest absolute Gasteiger partial charge is 0.460 e. The Kier molecular flexibility index (Phi) is 8.16. The normalized spacial score (nSPS) is 14.7. The summed E-state index contributed by atoms with van der Waals surface area (Å²) >= 11 is 0. The van der Waals surface area contributed by atoms with Crippen LogP contribution in [0.2, 0.25) is 0 Å². The number of allylic oxidation sites excluding steroid dienone is 2. The topological polar surface area (TPSA) is 96.0 Å². The molecule has 1 aliphatic rings. The smallest absolute Gasteiger partial charge is 0.336 e. The molecule has 2 heterocycles. The van der Waals surface area contributed by atoms with Crippen molar-refractivity contribution >= 4 is 11.9 Å². The molecule has 0 bridgehead atoms. The van der Waals surface area contributed by atoms with Crippen molar-refractivity contribution in [3.8, 4) is 0 Å². The highest BCUT2D eigenvalue weighted by Crippen LogP contribution is 2.38. The van der Waals surface area contributed by atoms with Crippen molar-refractivity contribution in [3.63, 3.8) is 0 Å². The van der Waals surface area contributed by atoms with Crippen LogP contribution in [-0.4, -0.2) is 57.6 Å². The molecule has 152 valence electrons. The van der Waals surface area contributed by atoms with E-state index in [0.717, 1.165) is 0 Å². The van der Waals surface area contributed by atoms with Gasteiger partial charge >= 0.3 is 11.9 Å². The Labute approximate surface area is 164 Å². The van der Waals surface area contributed by atoms with Crippen LogP contribution in [0.1, 0.15) is 25.3 Å². The summed E-state index contributed by atoms with van der Waals surface area (Å²) in [5, 5.41) is 3.10. The van der Waals surface area contributed by atoms with E-state index >= 15 is 0 Å². The lowest BCUT2D eigenvalue weighted by Crippen LogP contribution is -2.33. The summed E-state index contributed by atoms with van der Waals surface area (Å²) < 4.78 is 20.5. The van der Waals surface area contributed by atoms with Crippen LogP contribution in [0.5, 0.6) is 0 Å². The molecule has 8 heteroatoms. The lowest BCUT2D eigenvalue weighted by Gasteiger charge is -2.30. The van der Waals surface area contributed by atoms with Crippen molar-refractivity contribution in [2.24, 2.45) is 0 Å². The van der Waals surface area contributed by atoms with Gasteiger partial charge in [0.1, 0.15) is 13.2 Å². The average molecular weight is 390 g/mol. The van der Waals surface area contributed by atoms with Gasteiger partial charge in [-0.05, 0) is 25.5 Å². The molecular formula is C20H26N2O6. The maximum atomic E-state index is 12.8. The van der Waals surface area contributed by atoms with Crippen LogP contribution in [0.25, 0.3) is 0 Å². The second-order valence-electron chi connectivity index (χ2n) is 6.18. The number of carbonyl (C=O) groups excluding carboxylic acids is 2. The van der Waals surface area contributed by atoms with E-state index in [1.54, 1.807) is 32.3 Å². The van der Waals surface area contributed by atoms with Crippen molar-refractivity contribution in [2.75, 3.05) is 40.6 Å². The number of methoxy groups -OCH3 is 2. The Morgan fingerprint density at radius 2 is 1.50 bits per heavy atom. The van der Waals surface area contributed by atoms with Crippen LogP contribution in [0.15, 0.2) is 47.1 Å². The fraction of sp³-hybridized carbons (Fsp3) is 0.450. The van der Waals surface area contributed by atoms with Gasteiger partial charge in [0.2, 0.25) is 0 Å². The molecule has 0 aromatic carbocycles. The molecule has 0 fully saturated rings. The molecule has 0 saturated carbocycles. The standard InChI is InChI=1S/C20H26N2O6/c1-13-16(19(23)27-10-8-25-3)18(15-6-5-7-21-12-15)17(14(2)22-13)20(24)28-11-9-26-4/h5-7,12,18,22H,8-11H2,1-4H3. The van der Waals surface area contributed by atoms with E-state index < -0.39 is 17.9 Å². The molecule has 28 heavy (non-hydrogen) atoms. The number of esters is 2. The minimum Gasteiger partial charge on any atom is -0.460 e. The predicted molar refractivity (Wildman–Crippen MR) is 101 cm³/mol. The highest BCUT2D eigenvalue weighted by Gasteiger charge is 2.38. The molecule has 1 N–H and O–H groups in total. The van der Waals surface area contributed by atoms with E-state index in [9.17, 15) is 9.59 Å². The van der Waals surface area contributed by atoms with Gasteiger partial charge in [-0.1, -0.05) is 6.07 Å². The monoisotopic (exact) mass is 390 g/mol. The van der Waals surface area contributed by atoms with Gasteiger partial charge in [-0.15, -0.1) is 0 Å². The third-order valence-corrected chi connectivity index (χ3v) is 4.26. The fourth-order valence-corrected chi connectivity index (χ4v) is 3.01. The lowest BCUT2D eigenvalue weighted by atomic mass is 9.81. The van der Waals surface area contributed by atoms with E-state index in [1.165, 1.54) is 14.2 Å². The summed E-state index contributed by atoms with van der Waals surface area (Å²) in [5.74, 6) is -1.70. The number of dihydropyridines is 1. The van der Waals surface area contributed by atoms with E-state index in [2.05, 4.69) is 10.3 Å². The lowest BCUT2D eigenvalue weighted by molar-refractivity contribution is -0.141. The summed E-state index contributed by atoms with van der Waals surface area (Å²) in [5.41, 5.74) is 2.60. The zero-order valence-electron chi connectivity index (χ0n) is 16.6. The number of pyridine rings is 1. The van der Waals surface area contributed by atoms with Crippen LogP contribution >= 0.6 is 0 Å². The Morgan fingerprint density at radius 3 is 1.93 bits per heavy atom. The average Bonchev–Trinajstić information content (AvgIpc) is 2.68. The summed E-state index contributed by atoms with van der Waals surface area (Å²) in [4.78, 5) is 29.8. The van der Waals surface area contributed by atoms with Crippen molar-refractivity contribution in [1.29, 1.82) is 0 Å². The second kappa shape index (κ2) is 10.6. The van der Waals surface area contributed by atoms with Crippen LogP contribution < -0.4 is 5.32 Å². The first-order valence-corrected chi connectivity index (χ1v) is 8.91. The predicted octanol–water partition coefficient (Wildman–Crippen LogP) is 1.70. The van der Waals surface area contributed by atoms with E-state index in [0.29, 0.717) is 28.1 Å². The maximum absolute atomic E-state index is 12.8.